The van der Waals surface area contributed by atoms with Crippen LogP contribution in [0.4, 0.5) is 5.69 Å². The number of nitrogens with one attached hydrogen (secondary N) is 1. The van der Waals surface area contributed by atoms with Crippen LogP contribution in [-0.2, 0) is 26.2 Å². The van der Waals surface area contributed by atoms with Gasteiger partial charge in [-0.05, 0) is 61.9 Å². The number of carbonyl (C=O) groups excluding carboxylic acids is 2. The van der Waals surface area contributed by atoms with Crippen molar-refractivity contribution in [2.45, 2.75) is 31.3 Å². The summed E-state index contributed by atoms with van der Waals surface area (Å²) in [7, 11) is -1.24. The number of rotatable bonds is 10. The van der Waals surface area contributed by atoms with Crippen molar-refractivity contribution in [2.24, 2.45) is 0 Å². The highest BCUT2D eigenvalue weighted by Crippen LogP contribution is 2.33. The molecular formula is C27H29Cl2N3O5S. The molecule has 11 heteroatoms. The van der Waals surface area contributed by atoms with Crippen molar-refractivity contribution >= 4 is 50.7 Å². The van der Waals surface area contributed by atoms with E-state index < -0.39 is 34.4 Å². The van der Waals surface area contributed by atoms with Crippen LogP contribution in [0, 0.1) is 6.92 Å². The largest absolute Gasteiger partial charge is 0.497 e. The quantitative estimate of drug-likeness (QED) is 0.378. The number of sulfonamides is 1. The molecule has 2 amide bonds. The Labute approximate surface area is 233 Å². The standard InChI is InChI=1S/C27H29Cl2N3O5S/c1-18-5-12-23(13-6-18)38(35,36)32(25-15-21(28)9-14-24(25)29)17-26(33)31(19(2)27(34)30-3)16-20-7-10-22(37-4)11-8-20/h5-15,19H,16-17H2,1-4H3,(H,30,34). The Bertz CT molecular complexity index is 1400. The predicted molar refractivity (Wildman–Crippen MR) is 149 cm³/mol. The third kappa shape index (κ3) is 6.78. The molecule has 0 spiro atoms. The van der Waals surface area contributed by atoms with Gasteiger partial charge in [0.05, 0.1) is 22.7 Å². The van der Waals surface area contributed by atoms with Gasteiger partial charge in [-0.1, -0.05) is 53.0 Å². The molecule has 0 saturated carbocycles. The number of likely N-dealkylation sites (N-methyl/N-ethyl adjacent to an activating group) is 1. The van der Waals surface area contributed by atoms with E-state index in [9.17, 15) is 18.0 Å². The molecule has 0 aliphatic heterocycles. The highest BCUT2D eigenvalue weighted by molar-refractivity contribution is 7.92. The lowest BCUT2D eigenvalue weighted by Crippen LogP contribution is -2.50. The normalized spacial score (nSPS) is 11.9. The topological polar surface area (TPSA) is 96.0 Å². The minimum absolute atomic E-state index is 0.0204. The molecule has 202 valence electrons. The van der Waals surface area contributed by atoms with Crippen molar-refractivity contribution in [3.63, 3.8) is 0 Å². The van der Waals surface area contributed by atoms with E-state index in [1.807, 2.05) is 6.92 Å². The highest BCUT2D eigenvalue weighted by atomic mass is 35.5. The van der Waals surface area contributed by atoms with Crippen molar-refractivity contribution < 1.29 is 22.7 Å². The Morgan fingerprint density at radius 1 is 1.00 bits per heavy atom. The number of nitrogens with zero attached hydrogens (tertiary/aromatic N) is 2. The molecule has 1 N–H and O–H groups in total. The number of halogens is 2. The molecule has 38 heavy (non-hydrogen) atoms. The van der Waals surface area contributed by atoms with Gasteiger partial charge >= 0.3 is 0 Å². The number of anilines is 1. The molecule has 0 bridgehead atoms. The van der Waals surface area contributed by atoms with E-state index in [4.69, 9.17) is 27.9 Å². The van der Waals surface area contributed by atoms with Crippen molar-refractivity contribution in [2.75, 3.05) is 25.0 Å². The van der Waals surface area contributed by atoms with E-state index in [0.717, 1.165) is 15.4 Å². The average Bonchev–Trinajstić information content (AvgIpc) is 2.91. The maximum Gasteiger partial charge on any atom is 0.264 e. The fraction of sp³-hybridized carbons (Fsp3) is 0.259. The lowest BCUT2D eigenvalue weighted by molar-refractivity contribution is -0.139. The van der Waals surface area contributed by atoms with E-state index in [2.05, 4.69) is 5.32 Å². The van der Waals surface area contributed by atoms with Crippen LogP contribution in [0.2, 0.25) is 10.0 Å². The smallest absolute Gasteiger partial charge is 0.264 e. The number of aryl methyl sites for hydroxylation is 1. The highest BCUT2D eigenvalue weighted by Gasteiger charge is 2.33. The lowest BCUT2D eigenvalue weighted by atomic mass is 10.1. The summed E-state index contributed by atoms with van der Waals surface area (Å²) >= 11 is 12.6. The molecular weight excluding hydrogens is 549 g/mol. The molecule has 3 rings (SSSR count). The molecule has 0 saturated heterocycles. The Balaban J connectivity index is 2.06. The fourth-order valence-corrected chi connectivity index (χ4v) is 5.61. The van der Waals surface area contributed by atoms with Crippen LogP contribution in [0.15, 0.2) is 71.6 Å². The number of ether oxygens (including phenoxy) is 1. The monoisotopic (exact) mass is 577 g/mol. The zero-order valence-electron chi connectivity index (χ0n) is 21.4. The zero-order valence-corrected chi connectivity index (χ0v) is 23.8. The summed E-state index contributed by atoms with van der Waals surface area (Å²) < 4.78 is 33.7. The Morgan fingerprint density at radius 3 is 2.21 bits per heavy atom. The second kappa shape index (κ2) is 12.5. The van der Waals surface area contributed by atoms with E-state index in [1.165, 1.54) is 42.3 Å². The second-order valence-electron chi connectivity index (χ2n) is 8.58. The molecule has 8 nitrogen and oxygen atoms in total. The van der Waals surface area contributed by atoms with Gasteiger partial charge in [0.15, 0.2) is 0 Å². The van der Waals surface area contributed by atoms with Gasteiger partial charge in [-0.25, -0.2) is 8.42 Å². The van der Waals surface area contributed by atoms with Crippen molar-refractivity contribution in [3.05, 3.63) is 87.9 Å². The minimum Gasteiger partial charge on any atom is -0.497 e. The maximum atomic E-state index is 13.8. The zero-order chi connectivity index (χ0) is 28.0. The summed E-state index contributed by atoms with van der Waals surface area (Å²) in [6, 6.07) is 16.7. The number of hydrogen-bond acceptors (Lipinski definition) is 5. The van der Waals surface area contributed by atoms with Crippen LogP contribution in [0.1, 0.15) is 18.1 Å². The Kier molecular flexibility index (Phi) is 9.65. The van der Waals surface area contributed by atoms with E-state index in [-0.39, 0.29) is 27.2 Å². The second-order valence-corrected chi connectivity index (χ2v) is 11.3. The van der Waals surface area contributed by atoms with Gasteiger partial charge in [-0.3, -0.25) is 13.9 Å². The van der Waals surface area contributed by atoms with Gasteiger partial charge in [0.25, 0.3) is 10.0 Å². The van der Waals surface area contributed by atoms with Crippen molar-refractivity contribution in [1.29, 1.82) is 0 Å². The van der Waals surface area contributed by atoms with E-state index >= 15 is 0 Å². The summed E-state index contributed by atoms with van der Waals surface area (Å²) in [6.07, 6.45) is 0. The average molecular weight is 579 g/mol. The summed E-state index contributed by atoms with van der Waals surface area (Å²) in [5.41, 5.74) is 1.64. The van der Waals surface area contributed by atoms with Crippen LogP contribution in [0.3, 0.4) is 0 Å². The van der Waals surface area contributed by atoms with Crippen LogP contribution in [0.25, 0.3) is 0 Å². The number of hydrogen-bond donors (Lipinski definition) is 1. The van der Waals surface area contributed by atoms with Gasteiger partial charge in [0.2, 0.25) is 11.8 Å². The fourth-order valence-electron chi connectivity index (χ4n) is 3.75. The van der Waals surface area contributed by atoms with Crippen LogP contribution < -0.4 is 14.4 Å². The molecule has 0 aromatic heterocycles. The number of methoxy groups -OCH3 is 1. The Hall–Kier alpha value is -3.27. The van der Waals surface area contributed by atoms with Gasteiger partial charge in [-0.15, -0.1) is 0 Å². The van der Waals surface area contributed by atoms with Gasteiger partial charge < -0.3 is 15.0 Å². The summed E-state index contributed by atoms with van der Waals surface area (Å²) in [6.45, 7) is 2.85. The predicted octanol–water partition coefficient (Wildman–Crippen LogP) is 4.67. The van der Waals surface area contributed by atoms with Gasteiger partial charge in [0, 0.05) is 18.6 Å². The molecule has 0 aliphatic rings. The van der Waals surface area contributed by atoms with Crippen LogP contribution >= 0.6 is 23.2 Å². The van der Waals surface area contributed by atoms with Gasteiger partial charge in [0.1, 0.15) is 18.3 Å². The molecule has 0 radical (unpaired) electrons. The summed E-state index contributed by atoms with van der Waals surface area (Å²) in [4.78, 5) is 27.6. The third-order valence-corrected chi connectivity index (χ3v) is 8.32. The third-order valence-electron chi connectivity index (χ3n) is 5.99. The molecule has 3 aromatic carbocycles. The van der Waals surface area contributed by atoms with E-state index in [0.29, 0.717) is 5.75 Å². The minimum atomic E-state index is -4.25. The molecule has 0 aliphatic carbocycles. The number of amides is 2. The first-order valence-electron chi connectivity index (χ1n) is 11.7. The molecule has 0 fully saturated rings. The Morgan fingerprint density at radius 2 is 1.63 bits per heavy atom. The maximum absolute atomic E-state index is 13.8. The SMILES string of the molecule is CNC(=O)C(C)N(Cc1ccc(OC)cc1)C(=O)CN(c1cc(Cl)ccc1Cl)S(=O)(=O)c1ccc(C)cc1. The molecule has 1 unspecified atom stereocenters. The van der Waals surface area contributed by atoms with Crippen LogP contribution in [-0.4, -0.2) is 51.9 Å². The van der Waals surface area contributed by atoms with E-state index in [1.54, 1.807) is 50.4 Å². The molecule has 3 aromatic rings. The molecule has 0 heterocycles. The first kappa shape index (κ1) is 29.3. The molecule has 1 atom stereocenters. The first-order chi connectivity index (χ1) is 18.0. The lowest BCUT2D eigenvalue weighted by Gasteiger charge is -2.32. The number of benzene rings is 3. The summed E-state index contributed by atoms with van der Waals surface area (Å²) in [5.74, 6) is -0.374. The van der Waals surface area contributed by atoms with Crippen molar-refractivity contribution in [1.82, 2.24) is 10.2 Å². The number of carbonyl (C=O) groups is 2. The summed E-state index contributed by atoms with van der Waals surface area (Å²) in [5, 5.41) is 2.89. The van der Waals surface area contributed by atoms with Gasteiger partial charge in [-0.2, -0.15) is 0 Å². The van der Waals surface area contributed by atoms with Crippen molar-refractivity contribution in [3.8, 4) is 5.75 Å². The first-order valence-corrected chi connectivity index (χ1v) is 13.9. The van der Waals surface area contributed by atoms with Crippen LogP contribution in [0.5, 0.6) is 5.75 Å².